The van der Waals surface area contributed by atoms with E-state index in [-0.39, 0.29) is 0 Å². The van der Waals surface area contributed by atoms with Gasteiger partial charge in [-0.25, -0.2) is 0 Å². The third kappa shape index (κ3) is 2.53. The molecule has 0 unspecified atom stereocenters. The van der Waals surface area contributed by atoms with Crippen molar-refractivity contribution >= 4 is 66.6 Å². The molecule has 2 heterocycles. The van der Waals surface area contributed by atoms with Gasteiger partial charge in [-0.05, 0) is 29.0 Å². The van der Waals surface area contributed by atoms with Gasteiger partial charge in [0, 0.05) is 17.3 Å². The van der Waals surface area contributed by atoms with Crippen LogP contribution in [-0.2, 0) is 7.05 Å². The Hall–Kier alpha value is -2.82. The summed E-state index contributed by atoms with van der Waals surface area (Å²) in [5.41, 5.74) is 2.63. The number of thiazole rings is 1. The molecule has 4 heteroatoms. The number of benzene rings is 4. The van der Waals surface area contributed by atoms with Gasteiger partial charge in [-0.2, -0.15) is 4.57 Å². The Bertz CT molecular complexity index is 1460. The lowest BCUT2D eigenvalue weighted by Crippen LogP contribution is -2.29. The Morgan fingerprint density at radius 2 is 1.52 bits per heavy atom. The minimum Gasteiger partial charge on any atom is -0.337 e. The van der Waals surface area contributed by atoms with Crippen molar-refractivity contribution in [2.45, 2.75) is 4.90 Å². The van der Waals surface area contributed by atoms with Crippen LogP contribution < -0.4 is 9.47 Å². The Morgan fingerprint density at radius 3 is 2.34 bits per heavy atom. The van der Waals surface area contributed by atoms with Gasteiger partial charge in [-0.3, -0.25) is 0 Å². The fourth-order valence-electron chi connectivity index (χ4n) is 4.27. The van der Waals surface area contributed by atoms with Gasteiger partial charge in [0.2, 0.25) is 5.52 Å². The quantitative estimate of drug-likeness (QED) is 0.288. The highest BCUT2D eigenvalue weighted by molar-refractivity contribution is 8.04. The maximum Gasteiger partial charge on any atom is 0.265 e. The first-order chi connectivity index (χ1) is 14.2. The van der Waals surface area contributed by atoms with Gasteiger partial charge in [0.25, 0.3) is 5.01 Å². The van der Waals surface area contributed by atoms with Crippen molar-refractivity contribution in [1.29, 1.82) is 0 Å². The van der Waals surface area contributed by atoms with Crippen LogP contribution in [0.2, 0.25) is 0 Å². The van der Waals surface area contributed by atoms with E-state index in [0.29, 0.717) is 0 Å². The number of hydrogen-bond donors (Lipinski definition) is 0. The van der Waals surface area contributed by atoms with Crippen molar-refractivity contribution in [2.24, 2.45) is 7.05 Å². The van der Waals surface area contributed by atoms with E-state index < -0.39 is 0 Å². The van der Waals surface area contributed by atoms with Crippen molar-refractivity contribution in [3.8, 4) is 0 Å². The molecule has 1 aliphatic rings. The number of aryl methyl sites for hydroxylation is 1. The first-order valence-corrected chi connectivity index (χ1v) is 11.3. The molecular formula is C25H19N2S2+. The lowest BCUT2D eigenvalue weighted by Gasteiger charge is -2.15. The zero-order valence-corrected chi connectivity index (χ0v) is 17.8. The summed E-state index contributed by atoms with van der Waals surface area (Å²) in [5, 5.41) is 7.74. The van der Waals surface area contributed by atoms with Crippen molar-refractivity contribution < 1.29 is 4.57 Å². The summed E-state index contributed by atoms with van der Waals surface area (Å²) < 4.78 is 3.66. The Morgan fingerprint density at radius 1 is 0.828 bits per heavy atom. The van der Waals surface area contributed by atoms with Crippen LogP contribution >= 0.6 is 23.1 Å². The molecule has 0 spiro atoms. The van der Waals surface area contributed by atoms with Crippen LogP contribution in [0, 0.1) is 0 Å². The lowest BCUT2D eigenvalue weighted by molar-refractivity contribution is -0.641. The molecule has 29 heavy (non-hydrogen) atoms. The van der Waals surface area contributed by atoms with Gasteiger partial charge in [-0.1, -0.05) is 77.7 Å². The van der Waals surface area contributed by atoms with E-state index in [1.807, 2.05) is 23.1 Å². The second kappa shape index (κ2) is 6.34. The summed E-state index contributed by atoms with van der Waals surface area (Å²) in [6.07, 6.45) is 2.33. The van der Waals surface area contributed by atoms with Crippen LogP contribution in [0.4, 0.5) is 5.69 Å². The fourth-order valence-corrected chi connectivity index (χ4v) is 6.55. The number of nitrogens with zero attached hydrogens (tertiary/aromatic N) is 2. The molecule has 0 fully saturated rings. The molecule has 2 nitrogen and oxygen atoms in total. The van der Waals surface area contributed by atoms with Gasteiger partial charge < -0.3 is 4.90 Å². The zero-order chi connectivity index (χ0) is 19.5. The van der Waals surface area contributed by atoms with Gasteiger partial charge in [0.1, 0.15) is 11.7 Å². The van der Waals surface area contributed by atoms with Crippen molar-refractivity contribution in [2.75, 3.05) is 11.9 Å². The minimum absolute atomic E-state index is 1.27. The molecule has 140 valence electrons. The highest BCUT2D eigenvalue weighted by Gasteiger charge is 2.26. The average molecular weight is 412 g/mol. The normalized spacial score (nSPS) is 15.1. The molecule has 0 aliphatic carbocycles. The van der Waals surface area contributed by atoms with Gasteiger partial charge in [0.15, 0.2) is 0 Å². The monoisotopic (exact) mass is 411 g/mol. The summed E-state index contributed by atoms with van der Waals surface area (Å²) >= 11 is 3.71. The number of aromatic nitrogens is 1. The van der Waals surface area contributed by atoms with E-state index in [4.69, 9.17) is 0 Å². The highest BCUT2D eigenvalue weighted by Crippen LogP contribution is 2.49. The lowest BCUT2D eigenvalue weighted by atomic mass is 10.1. The summed E-state index contributed by atoms with van der Waals surface area (Å²) in [5.74, 6) is 0. The molecule has 0 bridgehead atoms. The zero-order valence-electron chi connectivity index (χ0n) is 16.2. The largest absolute Gasteiger partial charge is 0.337 e. The SMILES string of the molecule is CN1C(=Cc2sc3ccc4ccccc4c3[n+]2C)Sc2ccc3ccccc3c21. The van der Waals surface area contributed by atoms with Gasteiger partial charge in [-0.15, -0.1) is 0 Å². The molecule has 0 saturated carbocycles. The maximum absolute atomic E-state index is 2.34. The Labute approximate surface area is 177 Å². The van der Waals surface area contributed by atoms with Crippen LogP contribution in [0.15, 0.2) is 82.7 Å². The van der Waals surface area contributed by atoms with E-state index in [0.717, 1.165) is 0 Å². The predicted octanol–water partition coefficient (Wildman–Crippen LogP) is 6.57. The van der Waals surface area contributed by atoms with E-state index >= 15 is 0 Å². The maximum atomic E-state index is 2.34. The van der Waals surface area contributed by atoms with E-state index in [1.54, 1.807) is 0 Å². The van der Waals surface area contributed by atoms with Crippen molar-refractivity contribution in [1.82, 2.24) is 0 Å². The smallest absolute Gasteiger partial charge is 0.265 e. The average Bonchev–Trinajstić information content (AvgIpc) is 3.25. The molecule has 1 aromatic heterocycles. The van der Waals surface area contributed by atoms with Crippen LogP contribution in [0.1, 0.15) is 5.01 Å². The van der Waals surface area contributed by atoms with Crippen LogP contribution in [0.5, 0.6) is 0 Å². The minimum atomic E-state index is 1.27. The summed E-state index contributed by atoms with van der Waals surface area (Å²) in [7, 11) is 4.36. The van der Waals surface area contributed by atoms with E-state index in [2.05, 4.69) is 102 Å². The molecule has 4 aromatic carbocycles. The molecule has 5 aromatic rings. The Kier molecular flexibility index (Phi) is 3.73. The van der Waals surface area contributed by atoms with Crippen LogP contribution in [0.25, 0.3) is 37.8 Å². The molecule has 0 N–H and O–H groups in total. The number of anilines is 1. The van der Waals surface area contributed by atoms with E-state index in [9.17, 15) is 0 Å². The topological polar surface area (TPSA) is 7.12 Å². The van der Waals surface area contributed by atoms with Crippen molar-refractivity contribution in [3.63, 3.8) is 0 Å². The van der Waals surface area contributed by atoms with Crippen molar-refractivity contribution in [3.05, 3.63) is 82.8 Å². The first kappa shape index (κ1) is 17.1. The summed E-state index contributed by atoms with van der Waals surface area (Å²) in [6, 6.07) is 26.2. The highest BCUT2D eigenvalue weighted by atomic mass is 32.2. The number of hydrogen-bond acceptors (Lipinski definition) is 3. The third-order valence-electron chi connectivity index (χ3n) is 5.74. The Balaban J connectivity index is 1.51. The van der Waals surface area contributed by atoms with Crippen LogP contribution in [0.3, 0.4) is 0 Å². The standard InChI is InChI=1S/C25H19N2S2/c1-26-22(28-20-13-11-16-7-3-5-9-18(16)24(20)26)15-23-27(2)25-19-10-6-4-8-17(19)12-14-21(25)29-23/h3-15H,1-2H3/q+1. The third-order valence-corrected chi connectivity index (χ3v) is 8.04. The number of fused-ring (bicyclic) bond motifs is 6. The number of rotatable bonds is 1. The second-order valence-corrected chi connectivity index (χ2v) is 9.53. The first-order valence-electron chi connectivity index (χ1n) is 9.66. The molecule has 0 atom stereocenters. The second-order valence-electron chi connectivity index (χ2n) is 7.41. The van der Waals surface area contributed by atoms with Gasteiger partial charge >= 0.3 is 0 Å². The summed E-state index contributed by atoms with van der Waals surface area (Å²) in [6.45, 7) is 0. The fraction of sp³-hybridized carbons (Fsp3) is 0.0800. The summed E-state index contributed by atoms with van der Waals surface area (Å²) in [4.78, 5) is 3.66. The molecule has 0 saturated heterocycles. The van der Waals surface area contributed by atoms with E-state index in [1.165, 1.54) is 52.4 Å². The molecule has 6 rings (SSSR count). The van der Waals surface area contributed by atoms with Gasteiger partial charge in [0.05, 0.1) is 22.2 Å². The molecule has 1 aliphatic heterocycles. The van der Waals surface area contributed by atoms with Crippen LogP contribution in [-0.4, -0.2) is 7.05 Å². The number of thioether (sulfide) groups is 1. The predicted molar refractivity (Wildman–Crippen MR) is 127 cm³/mol. The molecular weight excluding hydrogens is 392 g/mol. The molecule has 0 amide bonds. The molecule has 0 radical (unpaired) electrons.